The van der Waals surface area contributed by atoms with Crippen molar-refractivity contribution >= 4 is 6.09 Å². The van der Waals surface area contributed by atoms with Crippen molar-refractivity contribution in [3.05, 3.63) is 12.7 Å². The van der Waals surface area contributed by atoms with Gasteiger partial charge in [0.15, 0.2) is 0 Å². The van der Waals surface area contributed by atoms with Crippen LogP contribution in [0.5, 0.6) is 0 Å². The van der Waals surface area contributed by atoms with Gasteiger partial charge in [-0.05, 0) is 13.8 Å². The van der Waals surface area contributed by atoms with Gasteiger partial charge in [-0.15, -0.1) is 6.58 Å². The molecule has 0 aromatic heterocycles. The minimum atomic E-state index is -0.241. The molecule has 1 aliphatic heterocycles. The molecule has 0 aliphatic carbocycles. The van der Waals surface area contributed by atoms with Crippen molar-refractivity contribution in [3.63, 3.8) is 0 Å². The van der Waals surface area contributed by atoms with E-state index in [1.807, 2.05) is 13.8 Å². The van der Waals surface area contributed by atoms with Gasteiger partial charge in [0.1, 0.15) is 6.61 Å². The van der Waals surface area contributed by atoms with Crippen LogP contribution in [0.25, 0.3) is 0 Å². The highest BCUT2D eigenvalue weighted by Crippen LogP contribution is 2.22. The molecular weight excluding hydrogens is 142 g/mol. The predicted octanol–water partition coefficient (Wildman–Crippen LogP) is 1.40. The monoisotopic (exact) mass is 155 g/mol. The van der Waals surface area contributed by atoms with Gasteiger partial charge in [0.05, 0.1) is 5.54 Å². The quantitative estimate of drug-likeness (QED) is 0.564. The van der Waals surface area contributed by atoms with Gasteiger partial charge in [-0.25, -0.2) is 4.79 Å². The molecular formula is C8H13NO2. The zero-order valence-corrected chi connectivity index (χ0v) is 6.96. The van der Waals surface area contributed by atoms with Crippen LogP contribution in [-0.2, 0) is 4.74 Å². The van der Waals surface area contributed by atoms with Crippen molar-refractivity contribution in [3.8, 4) is 0 Å². The van der Waals surface area contributed by atoms with Gasteiger partial charge in [-0.2, -0.15) is 0 Å². The molecule has 1 heterocycles. The van der Waals surface area contributed by atoms with Crippen molar-refractivity contribution in [1.29, 1.82) is 0 Å². The second-order valence-electron chi connectivity index (χ2n) is 3.27. The van der Waals surface area contributed by atoms with E-state index in [1.54, 1.807) is 11.0 Å². The number of nitrogens with zero attached hydrogens (tertiary/aromatic N) is 1. The zero-order valence-electron chi connectivity index (χ0n) is 6.96. The van der Waals surface area contributed by atoms with E-state index in [2.05, 4.69) is 6.58 Å². The van der Waals surface area contributed by atoms with Gasteiger partial charge in [-0.1, -0.05) is 6.08 Å². The molecule has 0 N–H and O–H groups in total. The molecule has 0 aromatic carbocycles. The summed E-state index contributed by atoms with van der Waals surface area (Å²) in [5.41, 5.74) is -0.175. The molecule has 0 radical (unpaired) electrons. The fraction of sp³-hybridized carbons (Fsp3) is 0.625. The largest absolute Gasteiger partial charge is 0.447 e. The van der Waals surface area contributed by atoms with Crippen molar-refractivity contribution in [1.82, 2.24) is 4.90 Å². The van der Waals surface area contributed by atoms with Gasteiger partial charge in [-0.3, -0.25) is 4.90 Å². The number of cyclic esters (lactones) is 1. The van der Waals surface area contributed by atoms with Crippen LogP contribution in [0.3, 0.4) is 0 Å². The number of carbonyl (C=O) groups excluding carboxylic acids is 1. The second kappa shape index (κ2) is 2.57. The molecule has 11 heavy (non-hydrogen) atoms. The van der Waals surface area contributed by atoms with Crippen molar-refractivity contribution < 1.29 is 9.53 Å². The summed E-state index contributed by atoms with van der Waals surface area (Å²) in [5, 5.41) is 0. The summed E-state index contributed by atoms with van der Waals surface area (Å²) in [7, 11) is 0. The number of hydrogen-bond acceptors (Lipinski definition) is 2. The highest BCUT2D eigenvalue weighted by molar-refractivity contribution is 5.71. The predicted molar refractivity (Wildman–Crippen MR) is 42.3 cm³/mol. The van der Waals surface area contributed by atoms with Gasteiger partial charge in [0.2, 0.25) is 0 Å². The first-order valence-electron chi connectivity index (χ1n) is 3.63. The lowest BCUT2D eigenvalue weighted by molar-refractivity contribution is 0.159. The van der Waals surface area contributed by atoms with Crippen LogP contribution in [0.1, 0.15) is 13.8 Å². The first kappa shape index (κ1) is 8.11. The maximum atomic E-state index is 11.0. The molecule has 3 heteroatoms. The van der Waals surface area contributed by atoms with Gasteiger partial charge in [0.25, 0.3) is 0 Å². The average molecular weight is 155 g/mol. The van der Waals surface area contributed by atoms with Gasteiger partial charge in [0, 0.05) is 6.54 Å². The van der Waals surface area contributed by atoms with Crippen LogP contribution in [0.4, 0.5) is 4.79 Å². The maximum Gasteiger partial charge on any atom is 0.410 e. The van der Waals surface area contributed by atoms with Crippen molar-refractivity contribution in [2.24, 2.45) is 0 Å². The third kappa shape index (κ3) is 1.37. The van der Waals surface area contributed by atoms with E-state index in [1.165, 1.54) is 0 Å². The van der Waals surface area contributed by atoms with E-state index in [0.29, 0.717) is 13.2 Å². The zero-order chi connectivity index (χ0) is 8.48. The minimum absolute atomic E-state index is 0.175. The molecule has 3 nitrogen and oxygen atoms in total. The van der Waals surface area contributed by atoms with Crippen LogP contribution in [-0.4, -0.2) is 29.7 Å². The number of ether oxygens (including phenoxy) is 1. The van der Waals surface area contributed by atoms with E-state index in [-0.39, 0.29) is 11.6 Å². The Hall–Kier alpha value is -0.990. The van der Waals surface area contributed by atoms with E-state index >= 15 is 0 Å². The normalized spacial score (nSPS) is 21.6. The lowest BCUT2D eigenvalue weighted by Gasteiger charge is -2.26. The lowest BCUT2D eigenvalue weighted by Crippen LogP contribution is -2.41. The fourth-order valence-corrected chi connectivity index (χ4v) is 1.09. The Morgan fingerprint density at radius 2 is 2.45 bits per heavy atom. The van der Waals surface area contributed by atoms with Crippen LogP contribution in [0.2, 0.25) is 0 Å². The minimum Gasteiger partial charge on any atom is -0.447 e. The standard InChI is InChI=1S/C8H13NO2/c1-4-5-9-7(10)11-6-8(9,2)3/h4H,1,5-6H2,2-3H3. The highest BCUT2D eigenvalue weighted by atomic mass is 16.6. The Morgan fingerprint density at radius 1 is 1.82 bits per heavy atom. The van der Waals surface area contributed by atoms with Gasteiger partial charge >= 0.3 is 6.09 Å². The van der Waals surface area contributed by atoms with E-state index < -0.39 is 0 Å². The molecule has 0 spiro atoms. The molecule has 0 atom stereocenters. The molecule has 62 valence electrons. The van der Waals surface area contributed by atoms with Gasteiger partial charge < -0.3 is 4.74 Å². The number of amides is 1. The Morgan fingerprint density at radius 3 is 2.82 bits per heavy atom. The third-order valence-corrected chi connectivity index (χ3v) is 1.81. The van der Waals surface area contributed by atoms with E-state index in [0.717, 1.165) is 0 Å². The first-order valence-corrected chi connectivity index (χ1v) is 3.63. The van der Waals surface area contributed by atoms with E-state index in [9.17, 15) is 4.79 Å². The number of carbonyl (C=O) groups is 1. The van der Waals surface area contributed by atoms with Crippen LogP contribution >= 0.6 is 0 Å². The Labute approximate surface area is 66.6 Å². The molecule has 1 saturated heterocycles. The SMILES string of the molecule is C=CCN1C(=O)OCC1(C)C. The average Bonchev–Trinajstić information content (AvgIpc) is 2.16. The topological polar surface area (TPSA) is 29.5 Å². The lowest BCUT2D eigenvalue weighted by atomic mass is 10.1. The summed E-state index contributed by atoms with van der Waals surface area (Å²) in [4.78, 5) is 12.7. The summed E-state index contributed by atoms with van der Waals surface area (Å²) in [6.45, 7) is 8.56. The van der Waals surface area contributed by atoms with Crippen LogP contribution in [0, 0.1) is 0 Å². The molecule has 1 amide bonds. The maximum absolute atomic E-state index is 11.0. The number of rotatable bonds is 2. The first-order chi connectivity index (χ1) is 5.08. The summed E-state index contributed by atoms with van der Waals surface area (Å²) in [6, 6.07) is 0. The summed E-state index contributed by atoms with van der Waals surface area (Å²) >= 11 is 0. The molecule has 1 fully saturated rings. The highest BCUT2D eigenvalue weighted by Gasteiger charge is 2.38. The Balaban J connectivity index is 2.71. The Kier molecular flexibility index (Phi) is 1.89. The van der Waals surface area contributed by atoms with Crippen LogP contribution in [0.15, 0.2) is 12.7 Å². The van der Waals surface area contributed by atoms with Crippen LogP contribution < -0.4 is 0 Å². The molecule has 1 rings (SSSR count). The molecule has 0 aromatic rings. The molecule has 0 bridgehead atoms. The summed E-state index contributed by atoms with van der Waals surface area (Å²) in [5.74, 6) is 0. The smallest absolute Gasteiger partial charge is 0.410 e. The fourth-order valence-electron chi connectivity index (χ4n) is 1.09. The summed E-state index contributed by atoms with van der Waals surface area (Å²) in [6.07, 6.45) is 1.46. The molecule has 0 unspecified atom stereocenters. The second-order valence-corrected chi connectivity index (χ2v) is 3.27. The van der Waals surface area contributed by atoms with Crippen molar-refractivity contribution in [2.75, 3.05) is 13.2 Å². The van der Waals surface area contributed by atoms with Crippen molar-refractivity contribution in [2.45, 2.75) is 19.4 Å². The third-order valence-electron chi connectivity index (χ3n) is 1.81. The van der Waals surface area contributed by atoms with E-state index in [4.69, 9.17) is 4.74 Å². The molecule has 0 saturated carbocycles. The Bertz CT molecular complexity index is 187. The molecule has 1 aliphatic rings. The summed E-state index contributed by atoms with van der Waals surface area (Å²) < 4.78 is 4.87. The number of hydrogen-bond donors (Lipinski definition) is 0.